The van der Waals surface area contributed by atoms with E-state index in [2.05, 4.69) is 22.8 Å². The predicted molar refractivity (Wildman–Crippen MR) is 137 cm³/mol. The lowest BCUT2D eigenvalue weighted by Crippen LogP contribution is -2.54. The van der Waals surface area contributed by atoms with E-state index < -0.39 is 0 Å². The molecule has 9 heteroatoms. The van der Waals surface area contributed by atoms with Gasteiger partial charge in [-0.15, -0.1) is 0 Å². The largest absolute Gasteiger partial charge is 0.490 e. The van der Waals surface area contributed by atoms with Gasteiger partial charge in [-0.1, -0.05) is 24.3 Å². The molecule has 0 bridgehead atoms. The number of fused-ring (bicyclic) bond motifs is 3. The van der Waals surface area contributed by atoms with Gasteiger partial charge >= 0.3 is 0 Å². The molecule has 0 radical (unpaired) electrons. The first-order valence-electron chi connectivity index (χ1n) is 12.8. The fraction of sp³-hybridized carbons (Fsp3) is 0.464. The molecule has 1 fully saturated rings. The SMILES string of the molecule is COCC(=O)Nc1ccc2c(c1)C(=O)N(C)[C@@H]1CC[C@H](CC(=O)NC3Cc4ccccc4C3)O[C@H]1CO2. The highest BCUT2D eigenvalue weighted by Crippen LogP contribution is 2.32. The summed E-state index contributed by atoms with van der Waals surface area (Å²) in [6.07, 6.45) is 2.82. The van der Waals surface area contributed by atoms with Gasteiger partial charge < -0.3 is 29.7 Å². The van der Waals surface area contributed by atoms with Gasteiger partial charge in [-0.3, -0.25) is 14.4 Å². The van der Waals surface area contributed by atoms with Crippen LogP contribution < -0.4 is 15.4 Å². The minimum Gasteiger partial charge on any atom is -0.490 e. The van der Waals surface area contributed by atoms with Crippen LogP contribution in [0.3, 0.4) is 0 Å². The Bertz CT molecular complexity index is 1160. The Labute approximate surface area is 216 Å². The van der Waals surface area contributed by atoms with E-state index in [9.17, 15) is 14.4 Å². The Morgan fingerprint density at radius 2 is 1.84 bits per heavy atom. The molecule has 2 N–H and O–H groups in total. The highest BCUT2D eigenvalue weighted by atomic mass is 16.5. The molecular weight excluding hydrogens is 474 g/mol. The molecule has 0 unspecified atom stereocenters. The fourth-order valence-electron chi connectivity index (χ4n) is 5.59. The van der Waals surface area contributed by atoms with Crippen molar-refractivity contribution in [2.75, 3.05) is 32.7 Å². The van der Waals surface area contributed by atoms with Gasteiger partial charge in [0, 0.05) is 25.9 Å². The average molecular weight is 508 g/mol. The van der Waals surface area contributed by atoms with E-state index in [1.165, 1.54) is 18.2 Å². The van der Waals surface area contributed by atoms with Gasteiger partial charge in [-0.2, -0.15) is 0 Å². The predicted octanol–water partition coefficient (Wildman–Crippen LogP) is 2.33. The number of amides is 3. The van der Waals surface area contributed by atoms with Gasteiger partial charge in [0.25, 0.3) is 5.91 Å². The summed E-state index contributed by atoms with van der Waals surface area (Å²) in [7, 11) is 3.21. The lowest BCUT2D eigenvalue weighted by atomic mass is 9.94. The van der Waals surface area contributed by atoms with E-state index in [4.69, 9.17) is 14.2 Å². The van der Waals surface area contributed by atoms with E-state index in [-0.39, 0.29) is 61.6 Å². The van der Waals surface area contributed by atoms with Crippen LogP contribution in [0.2, 0.25) is 0 Å². The number of hydrogen-bond donors (Lipinski definition) is 2. The van der Waals surface area contributed by atoms with E-state index in [1.54, 1.807) is 30.1 Å². The Hall–Kier alpha value is -3.43. The summed E-state index contributed by atoms with van der Waals surface area (Å²) in [6, 6.07) is 13.3. The van der Waals surface area contributed by atoms with Crippen LogP contribution >= 0.6 is 0 Å². The molecule has 2 aromatic carbocycles. The maximum Gasteiger partial charge on any atom is 0.257 e. The number of likely N-dealkylation sites (N-methyl/N-ethyl adjacent to an activating group) is 1. The molecule has 2 aliphatic heterocycles. The molecule has 9 nitrogen and oxygen atoms in total. The number of carbonyl (C=O) groups excluding carboxylic acids is 3. The maximum absolute atomic E-state index is 13.3. The van der Waals surface area contributed by atoms with Crippen LogP contribution in [0, 0.1) is 0 Å². The minimum absolute atomic E-state index is 0.00848. The molecule has 3 aliphatic rings. The number of nitrogens with one attached hydrogen (secondary N) is 2. The zero-order valence-corrected chi connectivity index (χ0v) is 21.2. The lowest BCUT2D eigenvalue weighted by molar-refractivity contribution is -0.134. The third-order valence-electron chi connectivity index (χ3n) is 7.40. The van der Waals surface area contributed by atoms with E-state index in [1.807, 2.05) is 12.1 Å². The molecule has 2 aromatic rings. The standard InChI is InChI=1S/C28H33N3O6/c1-31-23-9-8-21(14-26(32)30-20-11-17-5-3-4-6-18(17)12-20)37-25(23)15-36-24-10-7-19(13-22(24)28(31)34)29-27(33)16-35-2/h3-7,10,13,20-21,23,25H,8-9,11-12,14-16H2,1-2H3,(H,29,33)(H,30,32)/t21-,23-,25+/m1/s1. The lowest BCUT2D eigenvalue weighted by Gasteiger charge is -2.42. The molecular formula is C28H33N3O6. The third-order valence-corrected chi connectivity index (χ3v) is 7.40. The second-order valence-corrected chi connectivity index (χ2v) is 10.0. The second kappa shape index (κ2) is 10.9. The molecule has 0 aromatic heterocycles. The zero-order valence-electron chi connectivity index (χ0n) is 21.2. The average Bonchev–Trinajstić information content (AvgIpc) is 3.28. The van der Waals surface area contributed by atoms with Crippen molar-refractivity contribution in [3.8, 4) is 5.75 Å². The number of ether oxygens (including phenoxy) is 3. The van der Waals surface area contributed by atoms with E-state index >= 15 is 0 Å². The molecule has 0 saturated carbocycles. The molecule has 3 amide bonds. The highest BCUT2D eigenvalue weighted by molar-refractivity contribution is 6.00. The molecule has 0 spiro atoms. The monoisotopic (exact) mass is 507 g/mol. The van der Waals surface area contributed by atoms with Crippen molar-refractivity contribution >= 4 is 23.4 Å². The van der Waals surface area contributed by atoms with Gasteiger partial charge in [0.2, 0.25) is 11.8 Å². The second-order valence-electron chi connectivity index (χ2n) is 10.0. The van der Waals surface area contributed by atoms with E-state index in [0.717, 1.165) is 12.8 Å². The summed E-state index contributed by atoms with van der Waals surface area (Å²) in [6.45, 7) is 0.191. The molecule has 1 saturated heterocycles. The van der Waals surface area contributed by atoms with Crippen molar-refractivity contribution < 1.29 is 28.6 Å². The quantitative estimate of drug-likeness (QED) is 0.622. The summed E-state index contributed by atoms with van der Waals surface area (Å²) < 4.78 is 17.2. The highest BCUT2D eigenvalue weighted by Gasteiger charge is 2.39. The Balaban J connectivity index is 1.20. The zero-order chi connectivity index (χ0) is 25.9. The summed E-state index contributed by atoms with van der Waals surface area (Å²) in [5.41, 5.74) is 3.48. The van der Waals surface area contributed by atoms with Crippen LogP contribution in [0.15, 0.2) is 42.5 Å². The normalized spacial score (nSPS) is 23.1. The molecule has 1 aliphatic carbocycles. The summed E-state index contributed by atoms with van der Waals surface area (Å²) in [4.78, 5) is 39.7. The van der Waals surface area contributed by atoms with Crippen LogP contribution in [-0.2, 0) is 31.9 Å². The van der Waals surface area contributed by atoms with E-state index in [0.29, 0.717) is 29.8 Å². The molecule has 5 rings (SSSR count). The first kappa shape index (κ1) is 25.2. The Morgan fingerprint density at radius 1 is 1.08 bits per heavy atom. The molecule has 2 heterocycles. The number of methoxy groups -OCH3 is 1. The molecule has 3 atom stereocenters. The van der Waals surface area contributed by atoms with Crippen molar-refractivity contribution in [3.05, 3.63) is 59.2 Å². The van der Waals surface area contributed by atoms with Crippen LogP contribution in [0.5, 0.6) is 5.75 Å². The number of anilines is 1. The Kier molecular flexibility index (Phi) is 7.43. The van der Waals surface area contributed by atoms with Crippen molar-refractivity contribution in [2.24, 2.45) is 0 Å². The Morgan fingerprint density at radius 3 is 2.57 bits per heavy atom. The summed E-state index contributed by atoms with van der Waals surface area (Å²) >= 11 is 0. The van der Waals surface area contributed by atoms with Crippen LogP contribution in [-0.4, -0.2) is 74.3 Å². The first-order chi connectivity index (χ1) is 17.9. The smallest absolute Gasteiger partial charge is 0.257 e. The summed E-state index contributed by atoms with van der Waals surface area (Å²) in [5, 5.41) is 5.89. The van der Waals surface area contributed by atoms with Gasteiger partial charge in [0.15, 0.2) is 0 Å². The van der Waals surface area contributed by atoms with Crippen LogP contribution in [0.1, 0.15) is 40.7 Å². The van der Waals surface area contributed by atoms with Crippen molar-refractivity contribution in [1.29, 1.82) is 0 Å². The number of carbonyl (C=O) groups is 3. The maximum atomic E-state index is 13.3. The number of benzene rings is 2. The van der Waals surface area contributed by atoms with Crippen LogP contribution in [0.25, 0.3) is 0 Å². The number of nitrogens with zero attached hydrogens (tertiary/aromatic N) is 1. The van der Waals surface area contributed by atoms with Crippen molar-refractivity contribution in [1.82, 2.24) is 10.2 Å². The number of rotatable bonds is 6. The topological polar surface area (TPSA) is 106 Å². The van der Waals surface area contributed by atoms with Gasteiger partial charge in [-0.05, 0) is 55.0 Å². The third kappa shape index (κ3) is 5.62. The van der Waals surface area contributed by atoms with Gasteiger partial charge in [0.1, 0.15) is 25.1 Å². The first-order valence-corrected chi connectivity index (χ1v) is 12.8. The molecule has 196 valence electrons. The number of hydrogen-bond acceptors (Lipinski definition) is 6. The summed E-state index contributed by atoms with van der Waals surface area (Å²) in [5.74, 6) is -0.0772. The molecule has 37 heavy (non-hydrogen) atoms. The van der Waals surface area contributed by atoms with Gasteiger partial charge in [-0.25, -0.2) is 0 Å². The van der Waals surface area contributed by atoms with Crippen molar-refractivity contribution in [3.63, 3.8) is 0 Å². The minimum atomic E-state index is -0.342. The van der Waals surface area contributed by atoms with Crippen LogP contribution in [0.4, 0.5) is 5.69 Å². The van der Waals surface area contributed by atoms with Crippen molar-refractivity contribution in [2.45, 2.75) is 56.4 Å². The fourth-order valence-corrected chi connectivity index (χ4v) is 5.59. The van der Waals surface area contributed by atoms with Gasteiger partial charge in [0.05, 0.1) is 24.1 Å².